The molecule has 1 atom stereocenters. The van der Waals surface area contributed by atoms with Crippen molar-refractivity contribution >= 4 is 11.8 Å². The van der Waals surface area contributed by atoms with Gasteiger partial charge in [-0.1, -0.05) is 0 Å². The highest BCUT2D eigenvalue weighted by Gasteiger charge is 2.25. The molecule has 1 aromatic heterocycles. The molecule has 0 aliphatic carbocycles. The summed E-state index contributed by atoms with van der Waals surface area (Å²) < 4.78 is 0. The molecule has 0 aromatic carbocycles. The van der Waals surface area contributed by atoms with Gasteiger partial charge in [-0.25, -0.2) is 0 Å². The third-order valence-electron chi connectivity index (χ3n) is 3.72. The molecule has 2 rings (SSSR count). The van der Waals surface area contributed by atoms with Crippen LogP contribution in [0.5, 0.6) is 0 Å². The molecule has 0 radical (unpaired) electrons. The number of aromatic nitrogens is 1. The first-order chi connectivity index (χ1) is 10.1. The highest BCUT2D eigenvalue weighted by Crippen LogP contribution is 2.16. The van der Waals surface area contributed by atoms with Gasteiger partial charge in [0.2, 0.25) is 11.8 Å². The van der Waals surface area contributed by atoms with Crippen molar-refractivity contribution in [3.63, 3.8) is 0 Å². The van der Waals surface area contributed by atoms with Gasteiger partial charge in [-0.15, -0.1) is 0 Å². The van der Waals surface area contributed by atoms with Gasteiger partial charge in [0.25, 0.3) is 0 Å². The lowest BCUT2D eigenvalue weighted by Crippen LogP contribution is -2.46. The molecule has 21 heavy (non-hydrogen) atoms. The highest BCUT2D eigenvalue weighted by molar-refractivity contribution is 5.79. The number of nitrogens with one attached hydrogen (secondary N) is 1. The van der Waals surface area contributed by atoms with Crippen LogP contribution in [-0.2, 0) is 16.0 Å². The summed E-state index contributed by atoms with van der Waals surface area (Å²) in [4.78, 5) is 29.0. The average molecular weight is 290 g/mol. The van der Waals surface area contributed by atoms with E-state index in [1.54, 1.807) is 12.4 Å². The molecule has 2 heterocycles. The number of primary amides is 1. The Balaban J connectivity index is 1.73. The SMILES string of the molecule is NC(=O)CN1CCCC(C(=O)NCCc2ccncc2)C1. The third kappa shape index (κ3) is 5.15. The topological polar surface area (TPSA) is 88.3 Å². The number of amides is 2. The Morgan fingerprint density at radius 1 is 1.38 bits per heavy atom. The van der Waals surface area contributed by atoms with Crippen LogP contribution < -0.4 is 11.1 Å². The molecule has 3 N–H and O–H groups in total. The molecule has 6 nitrogen and oxygen atoms in total. The zero-order chi connectivity index (χ0) is 15.1. The minimum Gasteiger partial charge on any atom is -0.369 e. The number of likely N-dealkylation sites (tertiary alicyclic amines) is 1. The molecule has 6 heteroatoms. The second-order valence-corrected chi connectivity index (χ2v) is 5.44. The van der Waals surface area contributed by atoms with Gasteiger partial charge in [0.1, 0.15) is 0 Å². The first-order valence-corrected chi connectivity index (χ1v) is 7.32. The standard InChI is InChI=1S/C15H22N4O2/c16-14(20)11-19-9-1-2-13(10-19)15(21)18-8-5-12-3-6-17-7-4-12/h3-4,6-7,13H,1-2,5,8-11H2,(H2,16,20)(H,18,21). The van der Waals surface area contributed by atoms with E-state index in [2.05, 4.69) is 10.3 Å². The number of piperidine rings is 1. The number of pyridine rings is 1. The summed E-state index contributed by atoms with van der Waals surface area (Å²) in [5, 5.41) is 2.97. The maximum atomic E-state index is 12.2. The predicted octanol–water partition coefficient (Wildman–Crippen LogP) is -0.0624. The van der Waals surface area contributed by atoms with Crippen molar-refractivity contribution in [2.75, 3.05) is 26.2 Å². The molecule has 0 bridgehead atoms. The molecule has 1 saturated heterocycles. The van der Waals surface area contributed by atoms with Gasteiger partial charge in [-0.05, 0) is 43.5 Å². The number of carbonyl (C=O) groups excluding carboxylic acids is 2. The second kappa shape index (κ2) is 7.73. The Morgan fingerprint density at radius 2 is 2.14 bits per heavy atom. The Morgan fingerprint density at radius 3 is 2.86 bits per heavy atom. The summed E-state index contributed by atoms with van der Waals surface area (Å²) in [6.45, 7) is 2.31. The Hall–Kier alpha value is -1.95. The number of hydrogen-bond acceptors (Lipinski definition) is 4. The van der Waals surface area contributed by atoms with Crippen molar-refractivity contribution in [1.82, 2.24) is 15.2 Å². The zero-order valence-corrected chi connectivity index (χ0v) is 12.1. The number of nitrogens with zero attached hydrogens (tertiary/aromatic N) is 2. The maximum Gasteiger partial charge on any atom is 0.231 e. The lowest BCUT2D eigenvalue weighted by molar-refractivity contribution is -0.128. The normalized spacial score (nSPS) is 19.1. The van der Waals surface area contributed by atoms with Gasteiger partial charge >= 0.3 is 0 Å². The van der Waals surface area contributed by atoms with Crippen molar-refractivity contribution in [3.8, 4) is 0 Å². The lowest BCUT2D eigenvalue weighted by atomic mass is 9.97. The Labute approximate surface area is 124 Å². The van der Waals surface area contributed by atoms with Crippen LogP contribution in [-0.4, -0.2) is 47.9 Å². The van der Waals surface area contributed by atoms with E-state index in [0.717, 1.165) is 31.4 Å². The van der Waals surface area contributed by atoms with Gasteiger partial charge in [-0.3, -0.25) is 19.5 Å². The maximum absolute atomic E-state index is 12.2. The van der Waals surface area contributed by atoms with Crippen molar-refractivity contribution < 1.29 is 9.59 Å². The van der Waals surface area contributed by atoms with E-state index < -0.39 is 0 Å². The highest BCUT2D eigenvalue weighted by atomic mass is 16.2. The van der Waals surface area contributed by atoms with E-state index in [1.165, 1.54) is 0 Å². The summed E-state index contributed by atoms with van der Waals surface area (Å²) in [6.07, 6.45) is 6.10. The van der Waals surface area contributed by atoms with Crippen LogP contribution in [0.2, 0.25) is 0 Å². The van der Waals surface area contributed by atoms with E-state index in [4.69, 9.17) is 5.73 Å². The summed E-state index contributed by atoms with van der Waals surface area (Å²) in [5.74, 6) is -0.317. The van der Waals surface area contributed by atoms with Gasteiger partial charge in [0, 0.05) is 25.5 Å². The quantitative estimate of drug-likeness (QED) is 0.768. The molecule has 1 unspecified atom stereocenters. The molecule has 114 valence electrons. The monoisotopic (exact) mass is 290 g/mol. The summed E-state index contributed by atoms with van der Waals surface area (Å²) in [6, 6.07) is 3.89. The van der Waals surface area contributed by atoms with Crippen molar-refractivity contribution in [2.45, 2.75) is 19.3 Å². The van der Waals surface area contributed by atoms with Crippen molar-refractivity contribution in [2.24, 2.45) is 11.7 Å². The van der Waals surface area contributed by atoms with E-state index in [-0.39, 0.29) is 24.3 Å². The van der Waals surface area contributed by atoms with Gasteiger partial charge in [0.15, 0.2) is 0 Å². The molecule has 1 aliphatic rings. The Kier molecular flexibility index (Phi) is 5.68. The molecular formula is C15H22N4O2. The average Bonchev–Trinajstić information content (AvgIpc) is 2.48. The fraction of sp³-hybridized carbons (Fsp3) is 0.533. The molecule has 1 aromatic rings. The molecule has 2 amide bonds. The second-order valence-electron chi connectivity index (χ2n) is 5.44. The molecule has 0 spiro atoms. The van der Waals surface area contributed by atoms with Crippen LogP contribution in [0.25, 0.3) is 0 Å². The smallest absolute Gasteiger partial charge is 0.231 e. The minimum atomic E-state index is -0.339. The fourth-order valence-corrected chi connectivity index (χ4v) is 2.66. The predicted molar refractivity (Wildman–Crippen MR) is 79.3 cm³/mol. The number of nitrogens with two attached hydrogens (primary N) is 1. The van der Waals surface area contributed by atoms with Crippen molar-refractivity contribution in [1.29, 1.82) is 0 Å². The first-order valence-electron chi connectivity index (χ1n) is 7.32. The summed E-state index contributed by atoms with van der Waals surface area (Å²) >= 11 is 0. The van der Waals surface area contributed by atoms with Gasteiger partial charge in [0.05, 0.1) is 12.5 Å². The number of carbonyl (C=O) groups is 2. The van der Waals surface area contributed by atoms with Crippen LogP contribution in [0.3, 0.4) is 0 Å². The van der Waals surface area contributed by atoms with E-state index in [0.29, 0.717) is 13.1 Å². The van der Waals surface area contributed by atoms with Crippen LogP contribution in [0, 0.1) is 5.92 Å². The van der Waals surface area contributed by atoms with Gasteiger partial charge in [-0.2, -0.15) is 0 Å². The van der Waals surface area contributed by atoms with E-state index in [1.807, 2.05) is 17.0 Å². The number of hydrogen-bond donors (Lipinski definition) is 2. The lowest BCUT2D eigenvalue weighted by Gasteiger charge is -2.30. The molecule has 1 fully saturated rings. The third-order valence-corrected chi connectivity index (χ3v) is 3.72. The van der Waals surface area contributed by atoms with E-state index >= 15 is 0 Å². The molecule has 0 saturated carbocycles. The van der Waals surface area contributed by atoms with Crippen molar-refractivity contribution in [3.05, 3.63) is 30.1 Å². The number of rotatable bonds is 6. The Bertz CT molecular complexity index is 478. The van der Waals surface area contributed by atoms with Crippen LogP contribution >= 0.6 is 0 Å². The van der Waals surface area contributed by atoms with E-state index in [9.17, 15) is 9.59 Å². The minimum absolute atomic E-state index is 0.0458. The van der Waals surface area contributed by atoms with Crippen LogP contribution in [0.15, 0.2) is 24.5 Å². The molecular weight excluding hydrogens is 268 g/mol. The zero-order valence-electron chi connectivity index (χ0n) is 12.1. The van der Waals surface area contributed by atoms with Crippen LogP contribution in [0.1, 0.15) is 18.4 Å². The van der Waals surface area contributed by atoms with Crippen LogP contribution in [0.4, 0.5) is 0 Å². The first kappa shape index (κ1) is 15.4. The fourth-order valence-electron chi connectivity index (χ4n) is 2.66. The largest absolute Gasteiger partial charge is 0.369 e. The van der Waals surface area contributed by atoms with Gasteiger partial charge < -0.3 is 11.1 Å². The summed E-state index contributed by atoms with van der Waals surface area (Å²) in [7, 11) is 0. The summed E-state index contributed by atoms with van der Waals surface area (Å²) in [5.41, 5.74) is 6.36. The molecule has 1 aliphatic heterocycles.